The third-order valence-electron chi connectivity index (χ3n) is 2.83. The summed E-state index contributed by atoms with van der Waals surface area (Å²) in [6.07, 6.45) is 1.25. The van der Waals surface area contributed by atoms with Gasteiger partial charge in [0.05, 0.1) is 18.5 Å². The first-order valence-corrected chi connectivity index (χ1v) is 6.10. The molecular formula is C13H14FN3O3. The predicted molar refractivity (Wildman–Crippen MR) is 68.8 cm³/mol. The van der Waals surface area contributed by atoms with Gasteiger partial charge in [-0.3, -0.25) is 0 Å². The fraction of sp³-hybridized carbons (Fsp3) is 0.308. The monoisotopic (exact) mass is 279 g/mol. The van der Waals surface area contributed by atoms with Crippen LogP contribution < -0.4 is 4.74 Å². The Balaban J connectivity index is 2.54. The Morgan fingerprint density at radius 2 is 2.25 bits per heavy atom. The molecule has 1 heterocycles. The summed E-state index contributed by atoms with van der Waals surface area (Å²) in [7, 11) is 1.36. The molecule has 0 aliphatic rings. The van der Waals surface area contributed by atoms with Gasteiger partial charge >= 0.3 is 5.97 Å². The molecule has 0 spiro atoms. The van der Waals surface area contributed by atoms with Crippen molar-refractivity contribution in [3.63, 3.8) is 0 Å². The van der Waals surface area contributed by atoms with E-state index < -0.39 is 11.8 Å². The molecule has 0 aliphatic heterocycles. The van der Waals surface area contributed by atoms with Crippen LogP contribution >= 0.6 is 0 Å². The van der Waals surface area contributed by atoms with Crippen molar-refractivity contribution in [3.8, 4) is 11.4 Å². The van der Waals surface area contributed by atoms with Crippen LogP contribution in [0.5, 0.6) is 5.75 Å². The van der Waals surface area contributed by atoms with Gasteiger partial charge < -0.3 is 9.84 Å². The summed E-state index contributed by atoms with van der Waals surface area (Å²) < 4.78 is 19.7. The van der Waals surface area contributed by atoms with Crippen molar-refractivity contribution < 1.29 is 19.0 Å². The maximum absolute atomic E-state index is 13.4. The minimum atomic E-state index is -1.13. The maximum Gasteiger partial charge on any atom is 0.358 e. The van der Waals surface area contributed by atoms with E-state index >= 15 is 0 Å². The van der Waals surface area contributed by atoms with E-state index in [1.807, 2.05) is 6.92 Å². The Labute approximate surface area is 114 Å². The SMILES string of the molecule is CCCc1c(C(=O)O)nnn1-c1ccc(F)c(OC)c1. The number of carboxylic acids is 1. The van der Waals surface area contributed by atoms with Crippen molar-refractivity contribution in [2.45, 2.75) is 19.8 Å². The van der Waals surface area contributed by atoms with Gasteiger partial charge in [0, 0.05) is 6.07 Å². The van der Waals surface area contributed by atoms with Gasteiger partial charge in [0.15, 0.2) is 17.3 Å². The Morgan fingerprint density at radius 3 is 2.85 bits per heavy atom. The number of hydrogen-bond acceptors (Lipinski definition) is 4. The summed E-state index contributed by atoms with van der Waals surface area (Å²) in [6.45, 7) is 1.92. The average Bonchev–Trinajstić information content (AvgIpc) is 2.84. The van der Waals surface area contributed by atoms with Gasteiger partial charge in [-0.1, -0.05) is 18.6 Å². The number of carboxylic acid groups (broad SMARTS) is 1. The van der Waals surface area contributed by atoms with Crippen LogP contribution in [-0.2, 0) is 6.42 Å². The third-order valence-corrected chi connectivity index (χ3v) is 2.83. The number of benzene rings is 1. The molecule has 0 saturated heterocycles. The van der Waals surface area contributed by atoms with Crippen molar-refractivity contribution >= 4 is 5.97 Å². The smallest absolute Gasteiger partial charge is 0.358 e. The topological polar surface area (TPSA) is 77.2 Å². The molecule has 106 valence electrons. The summed E-state index contributed by atoms with van der Waals surface area (Å²) >= 11 is 0. The molecule has 0 unspecified atom stereocenters. The minimum absolute atomic E-state index is 0.0670. The van der Waals surface area contributed by atoms with E-state index in [2.05, 4.69) is 10.3 Å². The van der Waals surface area contributed by atoms with E-state index in [-0.39, 0.29) is 11.4 Å². The molecule has 2 rings (SSSR count). The normalized spacial score (nSPS) is 10.6. The average molecular weight is 279 g/mol. The number of halogens is 1. The molecule has 0 aliphatic carbocycles. The van der Waals surface area contributed by atoms with Crippen LogP contribution in [0.2, 0.25) is 0 Å². The fourth-order valence-electron chi connectivity index (χ4n) is 1.92. The van der Waals surface area contributed by atoms with Gasteiger partial charge in [-0.25, -0.2) is 13.9 Å². The summed E-state index contributed by atoms with van der Waals surface area (Å²) in [4.78, 5) is 11.1. The van der Waals surface area contributed by atoms with Crippen molar-refractivity contribution in [3.05, 3.63) is 35.4 Å². The highest BCUT2D eigenvalue weighted by atomic mass is 19.1. The Morgan fingerprint density at radius 1 is 1.50 bits per heavy atom. The minimum Gasteiger partial charge on any atom is -0.494 e. The van der Waals surface area contributed by atoms with Crippen LogP contribution in [0.3, 0.4) is 0 Å². The van der Waals surface area contributed by atoms with Crippen molar-refractivity contribution in [1.29, 1.82) is 0 Å². The predicted octanol–water partition coefficient (Wildman–Crippen LogP) is 2.07. The van der Waals surface area contributed by atoms with E-state index in [0.29, 0.717) is 17.8 Å². The third kappa shape index (κ3) is 2.47. The Hall–Kier alpha value is -2.44. The molecule has 1 aromatic heterocycles. The van der Waals surface area contributed by atoms with Crippen LogP contribution in [-0.4, -0.2) is 33.2 Å². The number of aromatic nitrogens is 3. The summed E-state index contributed by atoms with van der Waals surface area (Å²) in [6, 6.07) is 4.19. The van der Waals surface area contributed by atoms with Crippen LogP contribution in [0.25, 0.3) is 5.69 Å². The number of carbonyl (C=O) groups is 1. The lowest BCUT2D eigenvalue weighted by Crippen LogP contribution is -2.07. The summed E-state index contributed by atoms with van der Waals surface area (Å²) in [5, 5.41) is 16.6. The van der Waals surface area contributed by atoms with Crippen LogP contribution in [0.4, 0.5) is 4.39 Å². The second-order valence-electron chi connectivity index (χ2n) is 4.17. The zero-order valence-corrected chi connectivity index (χ0v) is 11.1. The first-order chi connectivity index (χ1) is 9.58. The molecule has 2 aromatic rings. The number of methoxy groups -OCH3 is 1. The lowest BCUT2D eigenvalue weighted by atomic mass is 10.2. The van der Waals surface area contributed by atoms with E-state index in [9.17, 15) is 9.18 Å². The number of rotatable bonds is 5. The van der Waals surface area contributed by atoms with Gasteiger partial charge in [-0.05, 0) is 18.6 Å². The molecule has 0 bridgehead atoms. The number of aromatic carboxylic acids is 1. The summed E-state index contributed by atoms with van der Waals surface area (Å²) in [5.74, 6) is -1.56. The first kappa shape index (κ1) is 14.0. The molecule has 7 heteroatoms. The zero-order valence-electron chi connectivity index (χ0n) is 11.1. The standard InChI is InChI=1S/C13H14FN3O3/c1-3-4-10-12(13(18)19)15-16-17(10)8-5-6-9(14)11(7-8)20-2/h5-7H,3-4H2,1-2H3,(H,18,19). The van der Waals surface area contributed by atoms with Crippen LogP contribution in [0.15, 0.2) is 18.2 Å². The van der Waals surface area contributed by atoms with Crippen LogP contribution in [0.1, 0.15) is 29.5 Å². The molecule has 20 heavy (non-hydrogen) atoms. The second-order valence-corrected chi connectivity index (χ2v) is 4.17. The van der Waals surface area contributed by atoms with E-state index in [0.717, 1.165) is 6.42 Å². The van der Waals surface area contributed by atoms with Crippen molar-refractivity contribution in [2.24, 2.45) is 0 Å². The van der Waals surface area contributed by atoms with Gasteiger partial charge in [-0.2, -0.15) is 0 Å². The molecule has 1 N–H and O–H groups in total. The van der Waals surface area contributed by atoms with E-state index in [1.54, 1.807) is 0 Å². The highest BCUT2D eigenvalue weighted by molar-refractivity contribution is 5.86. The number of ether oxygens (including phenoxy) is 1. The lowest BCUT2D eigenvalue weighted by Gasteiger charge is -2.08. The summed E-state index contributed by atoms with van der Waals surface area (Å²) in [5.41, 5.74) is 0.899. The number of hydrogen-bond donors (Lipinski definition) is 1. The molecular weight excluding hydrogens is 265 g/mol. The molecule has 6 nitrogen and oxygen atoms in total. The highest BCUT2D eigenvalue weighted by Crippen LogP contribution is 2.22. The second kappa shape index (κ2) is 5.68. The fourth-order valence-corrected chi connectivity index (χ4v) is 1.92. The molecule has 0 radical (unpaired) electrons. The Kier molecular flexibility index (Phi) is 3.97. The molecule has 0 fully saturated rings. The first-order valence-electron chi connectivity index (χ1n) is 6.10. The van der Waals surface area contributed by atoms with Gasteiger partial charge in [0.1, 0.15) is 0 Å². The van der Waals surface area contributed by atoms with Gasteiger partial charge in [0.2, 0.25) is 0 Å². The van der Waals surface area contributed by atoms with Crippen LogP contribution in [0, 0.1) is 5.82 Å². The Bertz CT molecular complexity index is 640. The van der Waals surface area contributed by atoms with Gasteiger partial charge in [-0.15, -0.1) is 5.10 Å². The van der Waals surface area contributed by atoms with Crippen molar-refractivity contribution in [2.75, 3.05) is 7.11 Å². The molecule has 0 saturated carbocycles. The van der Waals surface area contributed by atoms with E-state index in [4.69, 9.17) is 9.84 Å². The molecule has 1 aromatic carbocycles. The lowest BCUT2D eigenvalue weighted by molar-refractivity contribution is 0.0689. The largest absolute Gasteiger partial charge is 0.494 e. The highest BCUT2D eigenvalue weighted by Gasteiger charge is 2.19. The number of nitrogens with zero attached hydrogens (tertiary/aromatic N) is 3. The molecule has 0 atom stereocenters. The van der Waals surface area contributed by atoms with Crippen molar-refractivity contribution in [1.82, 2.24) is 15.0 Å². The molecule has 0 amide bonds. The zero-order chi connectivity index (χ0) is 14.7. The quantitative estimate of drug-likeness (QED) is 0.906. The van der Waals surface area contributed by atoms with E-state index in [1.165, 1.54) is 30.0 Å². The maximum atomic E-state index is 13.4. The van der Waals surface area contributed by atoms with Gasteiger partial charge in [0.25, 0.3) is 0 Å².